The minimum Gasteiger partial charge on any atom is -0.299 e. The number of likely N-dealkylation sites (tertiary alicyclic amines) is 1. The van der Waals surface area contributed by atoms with Gasteiger partial charge in [-0.2, -0.15) is 5.26 Å². The third kappa shape index (κ3) is 4.00. The highest BCUT2D eigenvalue weighted by Crippen LogP contribution is 2.14. The lowest BCUT2D eigenvalue weighted by atomic mass is 10.1. The zero-order valence-corrected chi connectivity index (χ0v) is 12.9. The van der Waals surface area contributed by atoms with Gasteiger partial charge in [0.15, 0.2) is 5.69 Å². The molecule has 1 aromatic heterocycles. The average Bonchev–Trinajstić information content (AvgIpc) is 2.53. The highest BCUT2D eigenvalue weighted by Gasteiger charge is 2.22. The lowest BCUT2D eigenvalue weighted by Crippen LogP contribution is -2.44. The molecule has 114 valence electrons. The van der Waals surface area contributed by atoms with Crippen LogP contribution in [0, 0.1) is 11.3 Å². The van der Waals surface area contributed by atoms with Crippen LogP contribution in [-0.4, -0.2) is 44.0 Å². The first kappa shape index (κ1) is 15.9. The van der Waals surface area contributed by atoms with Gasteiger partial charge < -0.3 is 0 Å². The SMILES string of the molecule is CC(CNS(=O)(=O)c1cccnc1C#N)N1CCCCC1. The van der Waals surface area contributed by atoms with E-state index in [4.69, 9.17) is 5.26 Å². The van der Waals surface area contributed by atoms with Crippen molar-refractivity contribution in [3.8, 4) is 6.07 Å². The number of hydrogen-bond donors (Lipinski definition) is 1. The van der Waals surface area contributed by atoms with Crippen LogP contribution in [0.15, 0.2) is 23.2 Å². The lowest BCUT2D eigenvalue weighted by Gasteiger charge is -2.32. The quantitative estimate of drug-likeness (QED) is 0.880. The summed E-state index contributed by atoms with van der Waals surface area (Å²) in [5, 5.41) is 8.95. The normalized spacial score (nSPS) is 18.1. The summed E-state index contributed by atoms with van der Waals surface area (Å²) in [6.45, 7) is 4.38. The molecule has 0 bridgehead atoms. The highest BCUT2D eigenvalue weighted by molar-refractivity contribution is 7.89. The van der Waals surface area contributed by atoms with E-state index in [2.05, 4.69) is 14.6 Å². The van der Waals surface area contributed by atoms with E-state index < -0.39 is 10.0 Å². The van der Waals surface area contributed by atoms with Crippen LogP contribution in [0.2, 0.25) is 0 Å². The number of nitrogens with zero attached hydrogens (tertiary/aromatic N) is 3. The summed E-state index contributed by atoms with van der Waals surface area (Å²) < 4.78 is 27.1. The number of piperidine rings is 1. The van der Waals surface area contributed by atoms with Crippen molar-refractivity contribution in [1.29, 1.82) is 5.26 Å². The molecule has 21 heavy (non-hydrogen) atoms. The minimum atomic E-state index is -3.70. The summed E-state index contributed by atoms with van der Waals surface area (Å²) >= 11 is 0. The average molecular weight is 308 g/mol. The fourth-order valence-corrected chi connectivity index (χ4v) is 3.71. The van der Waals surface area contributed by atoms with E-state index in [1.807, 2.05) is 13.0 Å². The van der Waals surface area contributed by atoms with E-state index in [-0.39, 0.29) is 16.6 Å². The molecule has 1 N–H and O–H groups in total. The number of nitriles is 1. The molecule has 0 aliphatic carbocycles. The van der Waals surface area contributed by atoms with Crippen LogP contribution in [0.4, 0.5) is 0 Å². The van der Waals surface area contributed by atoms with E-state index in [1.165, 1.54) is 24.8 Å². The first-order valence-corrected chi connectivity index (χ1v) is 8.62. The van der Waals surface area contributed by atoms with Crippen LogP contribution < -0.4 is 4.72 Å². The molecule has 1 saturated heterocycles. The zero-order valence-electron chi connectivity index (χ0n) is 12.1. The molecule has 1 aliphatic rings. The molecule has 6 nitrogen and oxygen atoms in total. The molecule has 1 aliphatic heterocycles. The molecule has 1 aromatic rings. The Morgan fingerprint density at radius 3 is 2.81 bits per heavy atom. The Labute approximate surface area is 125 Å². The van der Waals surface area contributed by atoms with Gasteiger partial charge in [0.2, 0.25) is 10.0 Å². The van der Waals surface area contributed by atoms with Gasteiger partial charge >= 0.3 is 0 Å². The molecular weight excluding hydrogens is 288 g/mol. The van der Waals surface area contributed by atoms with Gasteiger partial charge in [-0.05, 0) is 45.0 Å². The van der Waals surface area contributed by atoms with Crippen LogP contribution in [0.1, 0.15) is 31.9 Å². The van der Waals surface area contributed by atoms with Crippen molar-refractivity contribution in [1.82, 2.24) is 14.6 Å². The topological polar surface area (TPSA) is 86.1 Å². The summed E-state index contributed by atoms with van der Waals surface area (Å²) in [5.41, 5.74) is -0.0735. The molecule has 1 atom stereocenters. The van der Waals surface area contributed by atoms with E-state index in [0.717, 1.165) is 25.9 Å². The van der Waals surface area contributed by atoms with Crippen LogP contribution in [-0.2, 0) is 10.0 Å². The van der Waals surface area contributed by atoms with Gasteiger partial charge in [0.25, 0.3) is 0 Å². The second-order valence-corrected chi connectivity index (χ2v) is 6.99. The molecule has 0 radical (unpaired) electrons. The fourth-order valence-electron chi connectivity index (χ4n) is 2.49. The maximum atomic E-state index is 12.3. The molecular formula is C14H20N4O2S. The first-order chi connectivity index (χ1) is 10.0. The standard InChI is InChI=1S/C14H20N4O2S/c1-12(18-8-3-2-4-9-18)11-17-21(19,20)14-6-5-7-16-13(14)10-15/h5-7,12,17H,2-4,8-9,11H2,1H3. The van der Waals surface area contributed by atoms with E-state index >= 15 is 0 Å². The Bertz CT molecular complexity index is 618. The molecule has 0 amide bonds. The molecule has 1 unspecified atom stereocenters. The predicted octanol–water partition coefficient (Wildman–Crippen LogP) is 1.11. The second-order valence-electron chi connectivity index (χ2n) is 5.26. The fraction of sp³-hybridized carbons (Fsp3) is 0.571. The molecule has 0 saturated carbocycles. The number of pyridine rings is 1. The Kier molecular flexibility index (Phi) is 5.28. The van der Waals surface area contributed by atoms with Crippen molar-refractivity contribution in [2.24, 2.45) is 0 Å². The van der Waals surface area contributed by atoms with Gasteiger partial charge in [0.05, 0.1) is 0 Å². The summed E-state index contributed by atoms with van der Waals surface area (Å²) in [4.78, 5) is 6.02. The van der Waals surface area contributed by atoms with Crippen LogP contribution in [0.5, 0.6) is 0 Å². The molecule has 7 heteroatoms. The summed E-state index contributed by atoms with van der Waals surface area (Å²) in [5.74, 6) is 0. The van der Waals surface area contributed by atoms with Gasteiger partial charge in [-0.1, -0.05) is 6.42 Å². The molecule has 1 fully saturated rings. The van der Waals surface area contributed by atoms with Gasteiger partial charge in [-0.3, -0.25) is 4.90 Å². The number of nitrogens with one attached hydrogen (secondary N) is 1. The van der Waals surface area contributed by atoms with Crippen molar-refractivity contribution in [2.75, 3.05) is 19.6 Å². The monoisotopic (exact) mass is 308 g/mol. The van der Waals surface area contributed by atoms with Crippen LogP contribution >= 0.6 is 0 Å². The van der Waals surface area contributed by atoms with Crippen molar-refractivity contribution < 1.29 is 8.42 Å². The molecule has 0 spiro atoms. The Morgan fingerprint density at radius 1 is 1.43 bits per heavy atom. The van der Waals surface area contributed by atoms with Crippen LogP contribution in [0.25, 0.3) is 0 Å². The van der Waals surface area contributed by atoms with Crippen LogP contribution in [0.3, 0.4) is 0 Å². The van der Waals surface area contributed by atoms with Crippen molar-refractivity contribution in [3.05, 3.63) is 24.0 Å². The number of aromatic nitrogens is 1. The van der Waals surface area contributed by atoms with E-state index in [1.54, 1.807) is 0 Å². The largest absolute Gasteiger partial charge is 0.299 e. The van der Waals surface area contributed by atoms with Crippen molar-refractivity contribution in [2.45, 2.75) is 37.1 Å². The molecule has 2 rings (SSSR count). The van der Waals surface area contributed by atoms with Gasteiger partial charge in [0, 0.05) is 18.8 Å². The van der Waals surface area contributed by atoms with Gasteiger partial charge in [0.1, 0.15) is 11.0 Å². The predicted molar refractivity (Wildman–Crippen MR) is 79.0 cm³/mol. The Balaban J connectivity index is 2.02. The van der Waals surface area contributed by atoms with Gasteiger partial charge in [-0.15, -0.1) is 0 Å². The lowest BCUT2D eigenvalue weighted by molar-refractivity contribution is 0.175. The Hall–Kier alpha value is -1.49. The van der Waals surface area contributed by atoms with E-state index in [0.29, 0.717) is 6.54 Å². The summed E-state index contributed by atoms with van der Waals surface area (Å²) in [6.07, 6.45) is 4.99. The van der Waals surface area contributed by atoms with E-state index in [9.17, 15) is 8.42 Å². The third-order valence-electron chi connectivity index (χ3n) is 3.75. The van der Waals surface area contributed by atoms with Gasteiger partial charge in [-0.25, -0.2) is 18.1 Å². The molecule has 0 aromatic carbocycles. The smallest absolute Gasteiger partial charge is 0.243 e. The highest BCUT2D eigenvalue weighted by atomic mass is 32.2. The second kappa shape index (κ2) is 6.98. The zero-order chi connectivity index (χ0) is 15.3. The Morgan fingerprint density at radius 2 is 2.14 bits per heavy atom. The third-order valence-corrected chi connectivity index (χ3v) is 5.20. The number of sulfonamides is 1. The van der Waals surface area contributed by atoms with Crippen molar-refractivity contribution >= 4 is 10.0 Å². The molecule has 2 heterocycles. The summed E-state index contributed by atoms with van der Waals surface area (Å²) in [6, 6.07) is 4.87. The summed E-state index contributed by atoms with van der Waals surface area (Å²) in [7, 11) is -3.70. The number of hydrogen-bond acceptors (Lipinski definition) is 5. The number of rotatable bonds is 5. The first-order valence-electron chi connectivity index (χ1n) is 7.13. The minimum absolute atomic E-state index is 0.0571. The maximum Gasteiger partial charge on any atom is 0.243 e. The van der Waals surface area contributed by atoms with Crippen molar-refractivity contribution in [3.63, 3.8) is 0 Å². The maximum absolute atomic E-state index is 12.3.